The quantitative estimate of drug-likeness (QED) is 0.788. The molecule has 8 nitrogen and oxygen atoms in total. The van der Waals surface area contributed by atoms with Gasteiger partial charge in [0.1, 0.15) is 5.75 Å². The Hall–Kier alpha value is -2.91. The van der Waals surface area contributed by atoms with Crippen molar-refractivity contribution in [2.75, 3.05) is 36.5 Å². The number of likely N-dealkylation sites (N-methyl/N-ethyl adjacent to an activating group) is 1. The minimum Gasteiger partial charge on any atom is -0.482 e. The highest BCUT2D eigenvalue weighted by atomic mass is 32.2. The predicted octanol–water partition coefficient (Wildman–Crippen LogP) is 2.47. The number of nitrogens with zero attached hydrogens (tertiary/aromatic N) is 2. The van der Waals surface area contributed by atoms with Gasteiger partial charge in [-0.2, -0.15) is 4.31 Å². The third-order valence-electron chi connectivity index (χ3n) is 5.30. The number of sulfonamides is 1. The summed E-state index contributed by atoms with van der Waals surface area (Å²) < 4.78 is 32.1. The van der Waals surface area contributed by atoms with Crippen molar-refractivity contribution in [2.45, 2.75) is 24.7 Å². The maximum Gasteiger partial charge on any atom is 0.265 e. The van der Waals surface area contributed by atoms with Crippen molar-refractivity contribution < 1.29 is 22.7 Å². The highest BCUT2D eigenvalue weighted by molar-refractivity contribution is 7.89. The molecule has 1 N–H and O–H groups in total. The number of amides is 2. The summed E-state index contributed by atoms with van der Waals surface area (Å²) in [6, 6.07) is 11.0. The fourth-order valence-corrected chi connectivity index (χ4v) is 5.20. The summed E-state index contributed by atoms with van der Waals surface area (Å²) in [6.07, 6.45) is 1.74. The number of anilines is 2. The van der Waals surface area contributed by atoms with E-state index in [4.69, 9.17) is 4.74 Å². The maximum absolute atomic E-state index is 12.6. The van der Waals surface area contributed by atoms with Gasteiger partial charge in [-0.3, -0.25) is 9.59 Å². The molecule has 2 amide bonds. The maximum atomic E-state index is 12.6. The Balaban J connectivity index is 1.51. The highest BCUT2D eigenvalue weighted by Gasteiger charge is 2.27. The Kier molecular flexibility index (Phi) is 5.48. The lowest BCUT2D eigenvalue weighted by Crippen LogP contribution is -2.38. The van der Waals surface area contributed by atoms with Gasteiger partial charge in [-0.15, -0.1) is 0 Å². The van der Waals surface area contributed by atoms with Crippen LogP contribution in [0.15, 0.2) is 47.4 Å². The number of carbonyl (C=O) groups excluding carboxylic acids is 2. The zero-order chi connectivity index (χ0) is 21.3. The van der Waals surface area contributed by atoms with Crippen molar-refractivity contribution in [1.82, 2.24) is 4.31 Å². The highest BCUT2D eigenvalue weighted by Crippen LogP contribution is 2.34. The van der Waals surface area contributed by atoms with Crippen molar-refractivity contribution in [3.05, 3.63) is 48.0 Å². The molecule has 2 aliphatic heterocycles. The van der Waals surface area contributed by atoms with Crippen LogP contribution in [-0.2, 0) is 14.8 Å². The van der Waals surface area contributed by atoms with Crippen LogP contribution in [0, 0.1) is 0 Å². The summed E-state index contributed by atoms with van der Waals surface area (Å²) in [5.74, 6) is 0.0837. The number of ether oxygens (including phenoxy) is 1. The van der Waals surface area contributed by atoms with Crippen molar-refractivity contribution >= 4 is 33.2 Å². The van der Waals surface area contributed by atoms with Crippen LogP contribution < -0.4 is 15.0 Å². The summed E-state index contributed by atoms with van der Waals surface area (Å²) in [5, 5.41) is 2.79. The van der Waals surface area contributed by atoms with Crippen LogP contribution in [0.1, 0.15) is 30.1 Å². The van der Waals surface area contributed by atoms with Gasteiger partial charge in [0, 0.05) is 30.9 Å². The Morgan fingerprint density at radius 1 is 1.10 bits per heavy atom. The van der Waals surface area contributed by atoms with Crippen LogP contribution >= 0.6 is 0 Å². The monoisotopic (exact) mass is 429 g/mol. The van der Waals surface area contributed by atoms with E-state index in [1.165, 1.54) is 28.6 Å². The third kappa shape index (κ3) is 3.78. The van der Waals surface area contributed by atoms with E-state index in [2.05, 4.69) is 5.32 Å². The molecule has 30 heavy (non-hydrogen) atoms. The van der Waals surface area contributed by atoms with E-state index in [-0.39, 0.29) is 23.3 Å². The van der Waals surface area contributed by atoms with E-state index in [9.17, 15) is 18.0 Å². The number of hydrogen-bond acceptors (Lipinski definition) is 5. The lowest BCUT2D eigenvalue weighted by atomic mass is 10.2. The van der Waals surface area contributed by atoms with Crippen molar-refractivity contribution in [2.24, 2.45) is 0 Å². The molecule has 4 rings (SSSR count). The summed E-state index contributed by atoms with van der Waals surface area (Å²) in [7, 11) is -3.51. The molecule has 1 fully saturated rings. The smallest absolute Gasteiger partial charge is 0.265 e. The number of rotatable bonds is 5. The van der Waals surface area contributed by atoms with Crippen molar-refractivity contribution in [3.8, 4) is 5.75 Å². The van der Waals surface area contributed by atoms with Gasteiger partial charge in [0.2, 0.25) is 10.0 Å². The van der Waals surface area contributed by atoms with Gasteiger partial charge >= 0.3 is 0 Å². The molecule has 0 unspecified atom stereocenters. The van der Waals surface area contributed by atoms with Gasteiger partial charge in [-0.05, 0) is 62.2 Å². The van der Waals surface area contributed by atoms with Gasteiger partial charge < -0.3 is 15.0 Å². The van der Waals surface area contributed by atoms with Crippen LogP contribution in [0.5, 0.6) is 5.75 Å². The van der Waals surface area contributed by atoms with E-state index in [1.54, 1.807) is 23.1 Å². The standard InChI is InChI=1S/C21H23N3O5S/c1-2-24-18-13-16(7-10-19(18)29-14-20(24)25)22-21(26)15-5-8-17(9-6-15)30(27,28)23-11-3-4-12-23/h5-10,13H,2-4,11-12,14H2,1H3,(H,22,26). The second-order valence-electron chi connectivity index (χ2n) is 7.20. The molecule has 0 aromatic heterocycles. The van der Waals surface area contributed by atoms with E-state index >= 15 is 0 Å². The SMILES string of the molecule is CCN1C(=O)COc2ccc(NC(=O)c3ccc(S(=O)(=O)N4CCCC4)cc3)cc21. The Bertz CT molecular complexity index is 1080. The van der Waals surface area contributed by atoms with Gasteiger partial charge in [0.15, 0.2) is 6.61 Å². The first-order valence-electron chi connectivity index (χ1n) is 9.89. The second-order valence-corrected chi connectivity index (χ2v) is 9.14. The molecule has 2 aromatic carbocycles. The Morgan fingerprint density at radius 2 is 1.80 bits per heavy atom. The fourth-order valence-electron chi connectivity index (χ4n) is 3.69. The van der Waals surface area contributed by atoms with Crippen LogP contribution in [0.3, 0.4) is 0 Å². The molecule has 0 aliphatic carbocycles. The number of hydrogen-bond donors (Lipinski definition) is 1. The van der Waals surface area contributed by atoms with E-state index in [1.807, 2.05) is 6.92 Å². The van der Waals surface area contributed by atoms with Crippen LogP contribution in [0.2, 0.25) is 0 Å². The minimum atomic E-state index is -3.51. The summed E-state index contributed by atoms with van der Waals surface area (Å²) >= 11 is 0. The lowest BCUT2D eigenvalue weighted by molar-refractivity contribution is -0.121. The zero-order valence-corrected chi connectivity index (χ0v) is 17.4. The van der Waals surface area contributed by atoms with Gasteiger partial charge in [0.05, 0.1) is 10.6 Å². The van der Waals surface area contributed by atoms with E-state index in [0.717, 1.165) is 12.8 Å². The molecular formula is C21H23N3O5S. The van der Waals surface area contributed by atoms with E-state index in [0.29, 0.717) is 42.3 Å². The number of carbonyl (C=O) groups is 2. The number of benzene rings is 2. The second kappa shape index (κ2) is 8.08. The van der Waals surface area contributed by atoms with E-state index < -0.39 is 10.0 Å². The Labute approximate surface area is 175 Å². The van der Waals surface area contributed by atoms with Gasteiger partial charge in [0.25, 0.3) is 11.8 Å². The average Bonchev–Trinajstić information content (AvgIpc) is 3.29. The molecule has 0 radical (unpaired) electrons. The summed E-state index contributed by atoms with van der Waals surface area (Å²) in [6.45, 7) is 3.43. The molecule has 2 aromatic rings. The fraction of sp³-hybridized carbons (Fsp3) is 0.333. The first-order chi connectivity index (χ1) is 14.4. The minimum absolute atomic E-state index is 0.000763. The zero-order valence-electron chi connectivity index (χ0n) is 16.6. The van der Waals surface area contributed by atoms with Crippen LogP contribution in [-0.4, -0.2) is 50.8 Å². The molecule has 158 valence electrons. The predicted molar refractivity (Wildman–Crippen MR) is 112 cm³/mol. The first-order valence-corrected chi connectivity index (χ1v) is 11.3. The van der Waals surface area contributed by atoms with Crippen LogP contribution in [0.4, 0.5) is 11.4 Å². The van der Waals surface area contributed by atoms with Crippen molar-refractivity contribution in [3.63, 3.8) is 0 Å². The van der Waals surface area contributed by atoms with Crippen LogP contribution in [0.25, 0.3) is 0 Å². The lowest BCUT2D eigenvalue weighted by Gasteiger charge is -2.28. The number of nitrogens with one attached hydrogen (secondary N) is 1. The molecule has 0 spiro atoms. The molecular weight excluding hydrogens is 406 g/mol. The Morgan fingerprint density at radius 3 is 2.47 bits per heavy atom. The van der Waals surface area contributed by atoms with Gasteiger partial charge in [-0.1, -0.05) is 0 Å². The number of fused-ring (bicyclic) bond motifs is 1. The summed E-state index contributed by atoms with van der Waals surface area (Å²) in [4.78, 5) is 26.4. The van der Waals surface area contributed by atoms with Crippen molar-refractivity contribution in [1.29, 1.82) is 0 Å². The molecule has 1 saturated heterocycles. The largest absolute Gasteiger partial charge is 0.482 e. The summed E-state index contributed by atoms with van der Waals surface area (Å²) in [5.41, 5.74) is 1.47. The molecule has 9 heteroatoms. The topological polar surface area (TPSA) is 96.0 Å². The normalized spacial score (nSPS) is 16.8. The van der Waals surface area contributed by atoms with Gasteiger partial charge in [-0.25, -0.2) is 8.42 Å². The molecule has 0 saturated carbocycles. The molecule has 2 aliphatic rings. The first kappa shape index (κ1) is 20.4. The molecule has 2 heterocycles. The average molecular weight is 429 g/mol. The molecule has 0 atom stereocenters. The molecule has 0 bridgehead atoms. The third-order valence-corrected chi connectivity index (χ3v) is 7.21.